The summed E-state index contributed by atoms with van der Waals surface area (Å²) in [7, 11) is 0. The molecule has 0 unspecified atom stereocenters. The molecule has 0 bridgehead atoms. The van der Waals surface area contributed by atoms with E-state index in [1.165, 1.54) is 12.8 Å². The summed E-state index contributed by atoms with van der Waals surface area (Å²) in [6.07, 6.45) is 2.59. The van der Waals surface area contributed by atoms with Gasteiger partial charge in [-0.05, 0) is 44.4 Å². The van der Waals surface area contributed by atoms with Gasteiger partial charge in [0.15, 0.2) is 0 Å². The van der Waals surface area contributed by atoms with Crippen molar-refractivity contribution in [2.24, 2.45) is 5.92 Å². The van der Waals surface area contributed by atoms with E-state index < -0.39 is 0 Å². The van der Waals surface area contributed by atoms with Gasteiger partial charge in [-0.2, -0.15) is 0 Å². The molecule has 0 aliphatic heterocycles. The molecular formula is C14H21ClN2O2. The van der Waals surface area contributed by atoms with E-state index in [4.69, 9.17) is 4.74 Å². The number of carbonyl (C=O) groups is 1. The highest BCUT2D eigenvalue weighted by Gasteiger charge is 2.20. The molecule has 1 aromatic carbocycles. The minimum atomic E-state index is -0.0252. The van der Waals surface area contributed by atoms with Crippen molar-refractivity contribution in [3.8, 4) is 5.75 Å². The van der Waals surface area contributed by atoms with Gasteiger partial charge in [0, 0.05) is 0 Å². The van der Waals surface area contributed by atoms with Gasteiger partial charge in [0.2, 0.25) is 5.91 Å². The molecule has 1 aromatic rings. The number of hydrogen-bond acceptors (Lipinski definition) is 3. The maximum atomic E-state index is 11.7. The Bertz CT molecular complexity index is 408. The first kappa shape index (κ1) is 15.8. The second-order valence-electron chi connectivity index (χ2n) is 4.55. The molecule has 0 heterocycles. The van der Waals surface area contributed by atoms with E-state index >= 15 is 0 Å². The summed E-state index contributed by atoms with van der Waals surface area (Å²) in [4.78, 5) is 11.7. The molecule has 0 atom stereocenters. The molecule has 1 fully saturated rings. The molecule has 0 radical (unpaired) electrons. The van der Waals surface area contributed by atoms with E-state index in [-0.39, 0.29) is 18.3 Å². The van der Waals surface area contributed by atoms with Gasteiger partial charge < -0.3 is 15.4 Å². The summed E-state index contributed by atoms with van der Waals surface area (Å²) in [6.45, 7) is 3.82. The van der Waals surface area contributed by atoms with Crippen LogP contribution in [0.4, 0.5) is 5.69 Å². The van der Waals surface area contributed by atoms with E-state index in [1.807, 2.05) is 31.2 Å². The van der Waals surface area contributed by atoms with Crippen molar-refractivity contribution in [2.75, 3.05) is 25.0 Å². The fourth-order valence-electron chi connectivity index (χ4n) is 1.76. The van der Waals surface area contributed by atoms with Gasteiger partial charge in [0.05, 0.1) is 18.8 Å². The predicted octanol–water partition coefficient (Wildman–Crippen LogP) is 2.45. The van der Waals surface area contributed by atoms with Crippen molar-refractivity contribution in [1.29, 1.82) is 0 Å². The first-order valence-electron chi connectivity index (χ1n) is 6.52. The van der Waals surface area contributed by atoms with Crippen LogP contribution in [0.5, 0.6) is 5.75 Å². The van der Waals surface area contributed by atoms with Crippen LogP contribution >= 0.6 is 12.4 Å². The third kappa shape index (κ3) is 5.49. The van der Waals surface area contributed by atoms with Crippen LogP contribution in [0, 0.1) is 5.92 Å². The first-order chi connectivity index (χ1) is 8.79. The zero-order valence-corrected chi connectivity index (χ0v) is 12.0. The van der Waals surface area contributed by atoms with Gasteiger partial charge in [-0.3, -0.25) is 4.79 Å². The molecule has 2 rings (SSSR count). The van der Waals surface area contributed by atoms with Crippen LogP contribution in [0.15, 0.2) is 24.3 Å². The number of anilines is 1. The number of amides is 1. The van der Waals surface area contributed by atoms with Crippen molar-refractivity contribution in [3.63, 3.8) is 0 Å². The summed E-state index contributed by atoms with van der Waals surface area (Å²) in [5.41, 5.74) is 0.734. The third-order valence-electron chi connectivity index (χ3n) is 2.88. The lowest BCUT2D eigenvalue weighted by molar-refractivity contribution is -0.115. The summed E-state index contributed by atoms with van der Waals surface area (Å²) in [5, 5.41) is 6.03. The van der Waals surface area contributed by atoms with Gasteiger partial charge in [-0.1, -0.05) is 12.1 Å². The number of benzene rings is 1. The van der Waals surface area contributed by atoms with Crippen LogP contribution in [0.25, 0.3) is 0 Å². The number of rotatable bonds is 7. The van der Waals surface area contributed by atoms with Gasteiger partial charge >= 0.3 is 0 Å². The molecule has 0 spiro atoms. The Morgan fingerprint density at radius 3 is 2.79 bits per heavy atom. The number of carbonyl (C=O) groups excluding carboxylic acids is 1. The topological polar surface area (TPSA) is 50.4 Å². The largest absolute Gasteiger partial charge is 0.492 e. The average Bonchev–Trinajstić information content (AvgIpc) is 3.16. The molecule has 4 nitrogen and oxygen atoms in total. The fraction of sp³-hybridized carbons (Fsp3) is 0.500. The van der Waals surface area contributed by atoms with Crippen molar-refractivity contribution >= 4 is 24.0 Å². The number of hydrogen-bond donors (Lipinski definition) is 2. The Morgan fingerprint density at radius 2 is 2.11 bits per heavy atom. The Kier molecular flexibility index (Phi) is 6.67. The Balaban J connectivity index is 0.00000180. The number of nitrogens with one attached hydrogen (secondary N) is 2. The smallest absolute Gasteiger partial charge is 0.238 e. The standard InChI is InChI=1S/C14H20N2O2.ClH/c1-2-18-13-6-4-3-5-12(13)16-14(17)10-15-9-11-7-8-11;/h3-6,11,15H,2,7-10H2,1H3,(H,16,17);1H. The quantitative estimate of drug-likeness (QED) is 0.809. The number of halogens is 1. The van der Waals surface area contributed by atoms with Crippen LogP contribution in [-0.4, -0.2) is 25.6 Å². The highest BCUT2D eigenvalue weighted by molar-refractivity contribution is 5.93. The van der Waals surface area contributed by atoms with Gasteiger partial charge in [-0.15, -0.1) is 12.4 Å². The number of ether oxygens (including phenoxy) is 1. The SMILES string of the molecule is CCOc1ccccc1NC(=O)CNCC1CC1.Cl. The molecule has 0 aromatic heterocycles. The lowest BCUT2D eigenvalue weighted by atomic mass is 10.3. The molecule has 1 amide bonds. The van der Waals surface area contributed by atoms with E-state index in [0.29, 0.717) is 13.2 Å². The monoisotopic (exact) mass is 284 g/mol. The van der Waals surface area contributed by atoms with Crippen molar-refractivity contribution < 1.29 is 9.53 Å². The molecule has 106 valence electrons. The van der Waals surface area contributed by atoms with Crippen molar-refractivity contribution in [3.05, 3.63) is 24.3 Å². The van der Waals surface area contributed by atoms with Crippen LogP contribution in [0.1, 0.15) is 19.8 Å². The molecule has 19 heavy (non-hydrogen) atoms. The molecular weight excluding hydrogens is 264 g/mol. The Morgan fingerprint density at radius 1 is 1.37 bits per heavy atom. The van der Waals surface area contributed by atoms with E-state index in [0.717, 1.165) is 23.9 Å². The molecule has 5 heteroatoms. The fourth-order valence-corrected chi connectivity index (χ4v) is 1.76. The van der Waals surface area contributed by atoms with Crippen LogP contribution in [-0.2, 0) is 4.79 Å². The summed E-state index contributed by atoms with van der Waals surface area (Å²) >= 11 is 0. The highest BCUT2D eigenvalue weighted by Crippen LogP contribution is 2.27. The summed E-state index contributed by atoms with van der Waals surface area (Å²) < 4.78 is 5.46. The van der Waals surface area contributed by atoms with Gasteiger partial charge in [0.1, 0.15) is 5.75 Å². The summed E-state index contributed by atoms with van der Waals surface area (Å²) in [6, 6.07) is 7.49. The van der Waals surface area contributed by atoms with E-state index in [9.17, 15) is 4.79 Å². The zero-order valence-electron chi connectivity index (χ0n) is 11.1. The molecule has 2 N–H and O–H groups in total. The van der Waals surface area contributed by atoms with Gasteiger partial charge in [0.25, 0.3) is 0 Å². The number of para-hydroxylation sites is 2. The Labute approximate surface area is 120 Å². The second kappa shape index (κ2) is 8.02. The van der Waals surface area contributed by atoms with E-state index in [2.05, 4.69) is 10.6 Å². The minimum absolute atomic E-state index is 0. The lowest BCUT2D eigenvalue weighted by Gasteiger charge is -2.11. The van der Waals surface area contributed by atoms with Crippen molar-refractivity contribution in [1.82, 2.24) is 5.32 Å². The van der Waals surface area contributed by atoms with Crippen LogP contribution in [0.2, 0.25) is 0 Å². The van der Waals surface area contributed by atoms with Crippen LogP contribution < -0.4 is 15.4 Å². The lowest BCUT2D eigenvalue weighted by Crippen LogP contribution is -2.29. The molecule has 1 aliphatic rings. The second-order valence-corrected chi connectivity index (χ2v) is 4.55. The predicted molar refractivity (Wildman–Crippen MR) is 79.1 cm³/mol. The zero-order chi connectivity index (χ0) is 12.8. The first-order valence-corrected chi connectivity index (χ1v) is 6.52. The Hall–Kier alpha value is -1.26. The van der Waals surface area contributed by atoms with Gasteiger partial charge in [-0.25, -0.2) is 0 Å². The molecule has 0 saturated heterocycles. The maximum Gasteiger partial charge on any atom is 0.238 e. The van der Waals surface area contributed by atoms with Crippen molar-refractivity contribution in [2.45, 2.75) is 19.8 Å². The molecule has 1 saturated carbocycles. The molecule has 1 aliphatic carbocycles. The third-order valence-corrected chi connectivity index (χ3v) is 2.88. The highest BCUT2D eigenvalue weighted by atomic mass is 35.5. The van der Waals surface area contributed by atoms with E-state index in [1.54, 1.807) is 0 Å². The normalized spacial score (nSPS) is 13.5. The maximum absolute atomic E-state index is 11.7. The van der Waals surface area contributed by atoms with Crippen LogP contribution in [0.3, 0.4) is 0 Å². The average molecular weight is 285 g/mol. The summed E-state index contributed by atoms with van der Waals surface area (Å²) in [5.74, 6) is 1.48. The minimum Gasteiger partial charge on any atom is -0.492 e.